The van der Waals surface area contributed by atoms with Gasteiger partial charge in [-0.2, -0.15) is 0 Å². The second-order valence-electron chi connectivity index (χ2n) is 6.06. The first kappa shape index (κ1) is 18.7. The molecule has 0 bridgehead atoms. The number of halogens is 1. The van der Waals surface area contributed by atoms with Gasteiger partial charge in [0.15, 0.2) is 6.61 Å². The Kier molecular flexibility index (Phi) is 5.61. The van der Waals surface area contributed by atoms with Crippen molar-refractivity contribution in [3.8, 4) is 5.75 Å². The van der Waals surface area contributed by atoms with E-state index in [0.717, 1.165) is 0 Å². The van der Waals surface area contributed by atoms with Crippen LogP contribution in [-0.4, -0.2) is 36.0 Å². The van der Waals surface area contributed by atoms with Crippen LogP contribution in [0.3, 0.4) is 0 Å². The average molecular weight is 389 g/mol. The first-order chi connectivity index (χ1) is 12.9. The fourth-order valence-corrected chi connectivity index (χ4v) is 2.91. The molecule has 1 saturated heterocycles. The summed E-state index contributed by atoms with van der Waals surface area (Å²) in [5, 5.41) is 12.4. The monoisotopic (exact) mass is 388 g/mol. The highest BCUT2D eigenvalue weighted by molar-refractivity contribution is 6.30. The van der Waals surface area contributed by atoms with Crippen LogP contribution in [0.15, 0.2) is 48.5 Å². The van der Waals surface area contributed by atoms with Gasteiger partial charge in [0.05, 0.1) is 11.6 Å². The van der Waals surface area contributed by atoms with Crippen LogP contribution in [0.1, 0.15) is 6.42 Å². The molecule has 0 radical (unpaired) electrons. The number of ether oxygens (including phenoxy) is 1. The maximum absolute atomic E-state index is 12.2. The van der Waals surface area contributed by atoms with Gasteiger partial charge < -0.3 is 20.1 Å². The number of nitrogens with one attached hydrogen (secondary N) is 1. The Hall–Kier alpha value is -3.06. The number of carbonyl (C=O) groups is 3. The van der Waals surface area contributed by atoms with Crippen LogP contribution >= 0.6 is 11.6 Å². The minimum Gasteiger partial charge on any atom is -0.482 e. The molecule has 1 heterocycles. The molecule has 1 fully saturated rings. The van der Waals surface area contributed by atoms with Crippen LogP contribution in [0.25, 0.3) is 0 Å². The molecule has 3 rings (SSSR count). The molecule has 1 aliphatic rings. The number of carboxylic acids is 1. The second-order valence-corrected chi connectivity index (χ2v) is 6.49. The molecule has 2 aromatic rings. The van der Waals surface area contributed by atoms with E-state index in [1.165, 1.54) is 4.90 Å². The highest BCUT2D eigenvalue weighted by Crippen LogP contribution is 2.33. The summed E-state index contributed by atoms with van der Waals surface area (Å²) < 4.78 is 5.57. The summed E-state index contributed by atoms with van der Waals surface area (Å²) in [5.41, 5.74) is 1.03. The number of aliphatic carboxylic acids is 1. The number of para-hydroxylation sites is 2. The van der Waals surface area contributed by atoms with Gasteiger partial charge in [0, 0.05) is 23.7 Å². The minimum atomic E-state index is -1.01. The average Bonchev–Trinajstić information content (AvgIpc) is 3.04. The van der Waals surface area contributed by atoms with Gasteiger partial charge in [0.1, 0.15) is 5.75 Å². The molecule has 0 aromatic heterocycles. The largest absolute Gasteiger partial charge is 0.482 e. The van der Waals surface area contributed by atoms with Crippen molar-refractivity contribution in [1.82, 2.24) is 0 Å². The molecule has 0 spiro atoms. The second kappa shape index (κ2) is 8.09. The van der Waals surface area contributed by atoms with Crippen LogP contribution in [0.4, 0.5) is 11.4 Å². The first-order valence-corrected chi connectivity index (χ1v) is 8.62. The van der Waals surface area contributed by atoms with Crippen LogP contribution < -0.4 is 15.0 Å². The lowest BCUT2D eigenvalue weighted by atomic mass is 10.1. The number of hydrogen-bond acceptors (Lipinski definition) is 4. The third kappa shape index (κ3) is 4.57. The van der Waals surface area contributed by atoms with Gasteiger partial charge in [-0.3, -0.25) is 14.4 Å². The van der Waals surface area contributed by atoms with Gasteiger partial charge in [-0.05, 0) is 36.4 Å². The van der Waals surface area contributed by atoms with Crippen LogP contribution in [0.5, 0.6) is 5.75 Å². The summed E-state index contributed by atoms with van der Waals surface area (Å²) in [6.45, 7) is -0.185. The van der Waals surface area contributed by atoms with E-state index in [4.69, 9.17) is 21.4 Å². The van der Waals surface area contributed by atoms with Crippen molar-refractivity contribution in [2.24, 2.45) is 5.92 Å². The molecular weight excluding hydrogens is 372 g/mol. The normalized spacial score (nSPS) is 16.3. The zero-order chi connectivity index (χ0) is 19.4. The zero-order valence-electron chi connectivity index (χ0n) is 14.2. The molecular formula is C19H17ClN2O5. The third-order valence-corrected chi connectivity index (χ3v) is 4.37. The summed E-state index contributed by atoms with van der Waals surface area (Å²) in [7, 11) is 0. The van der Waals surface area contributed by atoms with Crippen LogP contribution in [0.2, 0.25) is 5.02 Å². The lowest BCUT2D eigenvalue weighted by Crippen LogP contribution is -2.27. The number of carbonyl (C=O) groups excluding carboxylic acids is 2. The van der Waals surface area contributed by atoms with Crippen molar-refractivity contribution in [3.63, 3.8) is 0 Å². The van der Waals surface area contributed by atoms with Crippen molar-refractivity contribution >= 4 is 40.8 Å². The summed E-state index contributed by atoms with van der Waals surface area (Å²) in [4.78, 5) is 36.8. The van der Waals surface area contributed by atoms with E-state index in [0.29, 0.717) is 22.1 Å². The Morgan fingerprint density at radius 3 is 2.56 bits per heavy atom. The molecule has 0 unspecified atom stereocenters. The van der Waals surface area contributed by atoms with Crippen molar-refractivity contribution in [2.75, 3.05) is 23.4 Å². The van der Waals surface area contributed by atoms with Gasteiger partial charge in [0.25, 0.3) is 5.91 Å². The van der Waals surface area contributed by atoms with Gasteiger partial charge >= 0.3 is 5.97 Å². The number of hydrogen-bond donors (Lipinski definition) is 2. The van der Waals surface area contributed by atoms with Gasteiger partial charge in [-0.25, -0.2) is 0 Å². The van der Waals surface area contributed by atoms with Crippen molar-refractivity contribution in [1.29, 1.82) is 0 Å². The summed E-state index contributed by atoms with van der Waals surface area (Å²) >= 11 is 5.80. The van der Waals surface area contributed by atoms with E-state index in [1.54, 1.807) is 48.5 Å². The molecule has 0 saturated carbocycles. The molecule has 1 aliphatic heterocycles. The van der Waals surface area contributed by atoms with Crippen LogP contribution in [-0.2, 0) is 14.4 Å². The lowest BCUT2D eigenvalue weighted by molar-refractivity contribution is -0.141. The van der Waals surface area contributed by atoms with Crippen molar-refractivity contribution < 1.29 is 24.2 Å². The summed E-state index contributed by atoms with van der Waals surface area (Å²) in [5.74, 6) is -2.08. The molecule has 0 aliphatic carbocycles. The maximum Gasteiger partial charge on any atom is 0.308 e. The predicted molar refractivity (Wildman–Crippen MR) is 100 cm³/mol. The number of rotatable bonds is 6. The first-order valence-electron chi connectivity index (χ1n) is 8.24. The number of carboxylic acid groups (broad SMARTS) is 1. The molecule has 8 heteroatoms. The lowest BCUT2D eigenvalue weighted by Gasteiger charge is -2.20. The smallest absolute Gasteiger partial charge is 0.308 e. The molecule has 1 atom stereocenters. The molecule has 27 heavy (non-hydrogen) atoms. The third-order valence-electron chi connectivity index (χ3n) is 4.12. The van der Waals surface area contributed by atoms with Crippen molar-refractivity contribution in [3.05, 3.63) is 53.6 Å². The molecule has 2 amide bonds. The quantitative estimate of drug-likeness (QED) is 0.793. The zero-order valence-corrected chi connectivity index (χ0v) is 15.0. The minimum absolute atomic E-state index is 0.0548. The van der Waals surface area contributed by atoms with Crippen molar-refractivity contribution in [2.45, 2.75) is 6.42 Å². The number of nitrogens with zero attached hydrogens (tertiary/aromatic N) is 1. The number of benzene rings is 2. The Balaban J connectivity index is 1.66. The Labute approximate surface area is 160 Å². The highest BCUT2D eigenvalue weighted by atomic mass is 35.5. The Morgan fingerprint density at radius 2 is 1.89 bits per heavy atom. The maximum atomic E-state index is 12.2. The van der Waals surface area contributed by atoms with E-state index in [2.05, 4.69) is 5.32 Å². The SMILES string of the molecule is O=C(COc1ccccc1N1C[C@@H](C(=O)O)CC1=O)Nc1ccc(Cl)cc1. The molecule has 2 aromatic carbocycles. The van der Waals surface area contributed by atoms with Gasteiger partial charge in [0.2, 0.25) is 5.91 Å². The fraction of sp³-hybridized carbons (Fsp3) is 0.211. The summed E-state index contributed by atoms with van der Waals surface area (Å²) in [6, 6.07) is 13.4. The number of anilines is 2. The molecule has 140 valence electrons. The van der Waals surface area contributed by atoms with E-state index in [-0.39, 0.29) is 31.4 Å². The van der Waals surface area contributed by atoms with Gasteiger partial charge in [-0.1, -0.05) is 23.7 Å². The standard InChI is InChI=1S/C19H17ClN2O5/c20-13-5-7-14(8-6-13)21-17(23)11-27-16-4-2-1-3-15(16)22-10-12(19(25)26)9-18(22)24/h1-8,12H,9-11H2,(H,21,23)(H,25,26)/t12-/m0/s1. The predicted octanol–water partition coefficient (Wildman–Crippen LogP) is 2.80. The number of amides is 2. The Morgan fingerprint density at radius 1 is 1.19 bits per heavy atom. The van der Waals surface area contributed by atoms with E-state index in [9.17, 15) is 14.4 Å². The molecule has 7 nitrogen and oxygen atoms in total. The van der Waals surface area contributed by atoms with Gasteiger partial charge in [-0.15, -0.1) is 0 Å². The fourth-order valence-electron chi connectivity index (χ4n) is 2.78. The van der Waals surface area contributed by atoms with E-state index < -0.39 is 11.9 Å². The van der Waals surface area contributed by atoms with E-state index >= 15 is 0 Å². The van der Waals surface area contributed by atoms with Crippen LogP contribution in [0, 0.1) is 5.92 Å². The summed E-state index contributed by atoms with van der Waals surface area (Å²) in [6.07, 6.45) is -0.0548. The topological polar surface area (TPSA) is 95.9 Å². The van der Waals surface area contributed by atoms with E-state index in [1.807, 2.05) is 0 Å². The Bertz CT molecular complexity index is 869. The highest BCUT2D eigenvalue weighted by Gasteiger charge is 2.36. The molecule has 2 N–H and O–H groups in total.